The summed E-state index contributed by atoms with van der Waals surface area (Å²) < 4.78 is 7.22. The van der Waals surface area contributed by atoms with Gasteiger partial charge in [-0.1, -0.05) is 0 Å². The summed E-state index contributed by atoms with van der Waals surface area (Å²) in [5, 5.41) is 0. The van der Waals surface area contributed by atoms with Gasteiger partial charge in [-0.3, -0.25) is 0 Å². The van der Waals surface area contributed by atoms with Gasteiger partial charge >= 0.3 is 0 Å². The lowest BCUT2D eigenvalue weighted by atomic mass is 10.2. The Kier molecular flexibility index (Phi) is 3.63. The van der Waals surface area contributed by atoms with Gasteiger partial charge in [0.05, 0.1) is 12.8 Å². The number of hydrogen-bond donors (Lipinski definition) is 1. The summed E-state index contributed by atoms with van der Waals surface area (Å²) in [6.45, 7) is 0. The van der Waals surface area contributed by atoms with E-state index in [0.29, 0.717) is 0 Å². The first kappa shape index (κ1) is 11.5. The molecule has 0 fully saturated rings. The van der Waals surface area contributed by atoms with Crippen molar-refractivity contribution < 1.29 is 4.74 Å². The van der Waals surface area contributed by atoms with E-state index in [1.807, 2.05) is 47.3 Å². The van der Waals surface area contributed by atoms with Crippen molar-refractivity contribution in [3.8, 4) is 11.4 Å². The number of methoxy groups -OCH3 is 1. The van der Waals surface area contributed by atoms with Crippen LogP contribution in [0.2, 0.25) is 0 Å². The highest BCUT2D eigenvalue weighted by Gasteiger charge is 2.03. The van der Waals surface area contributed by atoms with Crippen LogP contribution in [-0.2, 0) is 0 Å². The topological polar surface area (TPSA) is 40.2 Å². The van der Waals surface area contributed by atoms with Crippen molar-refractivity contribution in [3.05, 3.63) is 42.7 Å². The molecule has 3 nitrogen and oxygen atoms in total. The number of rotatable bonds is 2. The summed E-state index contributed by atoms with van der Waals surface area (Å²) >= 11 is 0. The number of benzene rings is 1. The second-order valence-corrected chi connectivity index (χ2v) is 3.02. The zero-order chi connectivity index (χ0) is 9.97. The SMILES string of the molecule is COc1ccc(N)cc1-n1cccc1.Cl. The van der Waals surface area contributed by atoms with Crippen LogP contribution >= 0.6 is 12.4 Å². The van der Waals surface area contributed by atoms with Crippen LogP contribution in [0.3, 0.4) is 0 Å². The standard InChI is InChI=1S/C11H12N2O.ClH/c1-14-11-5-4-9(12)8-10(11)13-6-2-3-7-13;/h2-8H,12H2,1H3;1H. The molecule has 1 aromatic heterocycles. The molecule has 0 aliphatic heterocycles. The molecule has 0 spiro atoms. The number of nitrogens with zero attached hydrogens (tertiary/aromatic N) is 1. The van der Waals surface area contributed by atoms with Gasteiger partial charge in [-0.2, -0.15) is 0 Å². The third-order valence-corrected chi connectivity index (χ3v) is 2.09. The highest BCUT2D eigenvalue weighted by atomic mass is 35.5. The van der Waals surface area contributed by atoms with E-state index < -0.39 is 0 Å². The van der Waals surface area contributed by atoms with Crippen LogP contribution < -0.4 is 10.5 Å². The molecule has 0 unspecified atom stereocenters. The van der Waals surface area contributed by atoms with Gasteiger partial charge in [-0.15, -0.1) is 12.4 Å². The number of ether oxygens (including phenoxy) is 1. The minimum absolute atomic E-state index is 0. The Morgan fingerprint density at radius 2 is 1.87 bits per heavy atom. The molecule has 15 heavy (non-hydrogen) atoms. The quantitative estimate of drug-likeness (QED) is 0.797. The second kappa shape index (κ2) is 4.75. The largest absolute Gasteiger partial charge is 0.495 e. The van der Waals surface area contributed by atoms with E-state index in [2.05, 4.69) is 0 Å². The first-order valence-corrected chi connectivity index (χ1v) is 4.38. The van der Waals surface area contributed by atoms with Gasteiger partial charge in [-0.25, -0.2) is 0 Å². The van der Waals surface area contributed by atoms with E-state index in [9.17, 15) is 0 Å². The molecule has 0 aliphatic rings. The molecule has 0 amide bonds. The summed E-state index contributed by atoms with van der Waals surface area (Å²) in [6.07, 6.45) is 3.91. The molecule has 0 atom stereocenters. The molecule has 0 saturated heterocycles. The van der Waals surface area contributed by atoms with Crippen LogP contribution in [0.15, 0.2) is 42.7 Å². The fourth-order valence-electron chi connectivity index (χ4n) is 1.40. The van der Waals surface area contributed by atoms with Gasteiger partial charge < -0.3 is 15.0 Å². The van der Waals surface area contributed by atoms with Gasteiger partial charge in [0.2, 0.25) is 0 Å². The van der Waals surface area contributed by atoms with Crippen LogP contribution in [0.1, 0.15) is 0 Å². The lowest BCUT2D eigenvalue weighted by Gasteiger charge is -2.09. The van der Waals surface area contributed by atoms with Crippen molar-refractivity contribution in [2.24, 2.45) is 0 Å². The highest BCUT2D eigenvalue weighted by Crippen LogP contribution is 2.24. The van der Waals surface area contributed by atoms with Crippen LogP contribution in [0.5, 0.6) is 5.75 Å². The molecule has 2 aromatic rings. The van der Waals surface area contributed by atoms with E-state index in [-0.39, 0.29) is 12.4 Å². The summed E-state index contributed by atoms with van der Waals surface area (Å²) in [6, 6.07) is 9.50. The van der Waals surface area contributed by atoms with Crippen LogP contribution in [-0.4, -0.2) is 11.7 Å². The summed E-state index contributed by atoms with van der Waals surface area (Å²) in [4.78, 5) is 0. The van der Waals surface area contributed by atoms with Crippen molar-refractivity contribution in [2.75, 3.05) is 12.8 Å². The van der Waals surface area contributed by atoms with Gasteiger partial charge in [0.1, 0.15) is 5.75 Å². The Balaban J connectivity index is 0.00000112. The van der Waals surface area contributed by atoms with Crippen LogP contribution in [0.4, 0.5) is 5.69 Å². The first-order valence-electron chi connectivity index (χ1n) is 4.38. The van der Waals surface area contributed by atoms with E-state index in [4.69, 9.17) is 10.5 Å². The average molecular weight is 225 g/mol. The lowest BCUT2D eigenvalue weighted by Crippen LogP contribution is -1.96. The highest BCUT2D eigenvalue weighted by molar-refractivity contribution is 5.85. The normalized spacial score (nSPS) is 9.40. The Bertz CT molecular complexity index is 426. The molecule has 0 aliphatic carbocycles. The van der Waals surface area contributed by atoms with Crippen molar-refractivity contribution in [2.45, 2.75) is 0 Å². The maximum absolute atomic E-state index is 5.72. The van der Waals surface area contributed by atoms with Crippen molar-refractivity contribution in [1.29, 1.82) is 0 Å². The Labute approximate surface area is 94.9 Å². The Morgan fingerprint density at radius 1 is 1.20 bits per heavy atom. The Morgan fingerprint density at radius 3 is 2.47 bits per heavy atom. The molecular weight excluding hydrogens is 212 g/mol. The fraction of sp³-hybridized carbons (Fsp3) is 0.0909. The molecular formula is C11H13ClN2O. The minimum atomic E-state index is 0. The van der Waals surface area contributed by atoms with Crippen molar-refractivity contribution >= 4 is 18.1 Å². The minimum Gasteiger partial charge on any atom is -0.495 e. The van der Waals surface area contributed by atoms with Crippen molar-refractivity contribution in [3.63, 3.8) is 0 Å². The van der Waals surface area contributed by atoms with Gasteiger partial charge in [0.25, 0.3) is 0 Å². The molecule has 1 aromatic carbocycles. The van der Waals surface area contributed by atoms with E-state index in [1.54, 1.807) is 7.11 Å². The monoisotopic (exact) mass is 224 g/mol. The molecule has 1 heterocycles. The third kappa shape index (κ3) is 2.25. The smallest absolute Gasteiger partial charge is 0.142 e. The number of nitrogens with two attached hydrogens (primary N) is 1. The molecule has 0 bridgehead atoms. The van der Waals surface area contributed by atoms with Gasteiger partial charge in [-0.05, 0) is 30.3 Å². The maximum Gasteiger partial charge on any atom is 0.142 e. The predicted octanol–water partition coefficient (Wildman–Crippen LogP) is 2.49. The van der Waals surface area contributed by atoms with Crippen molar-refractivity contribution in [1.82, 2.24) is 4.57 Å². The molecule has 4 heteroatoms. The van der Waals surface area contributed by atoms with E-state index in [0.717, 1.165) is 17.1 Å². The molecule has 2 N–H and O–H groups in total. The number of hydrogen-bond acceptors (Lipinski definition) is 2. The molecule has 0 saturated carbocycles. The lowest BCUT2D eigenvalue weighted by molar-refractivity contribution is 0.413. The Hall–Kier alpha value is -1.61. The summed E-state index contributed by atoms with van der Waals surface area (Å²) in [5.41, 5.74) is 7.41. The molecule has 0 radical (unpaired) electrons. The van der Waals surface area contributed by atoms with Crippen LogP contribution in [0, 0.1) is 0 Å². The third-order valence-electron chi connectivity index (χ3n) is 2.09. The summed E-state index contributed by atoms with van der Waals surface area (Å²) in [7, 11) is 1.65. The first-order chi connectivity index (χ1) is 6.81. The van der Waals surface area contributed by atoms with E-state index >= 15 is 0 Å². The summed E-state index contributed by atoms with van der Waals surface area (Å²) in [5.74, 6) is 0.815. The van der Waals surface area contributed by atoms with Crippen LogP contribution in [0.25, 0.3) is 5.69 Å². The number of halogens is 1. The molecule has 2 rings (SSSR count). The zero-order valence-corrected chi connectivity index (χ0v) is 9.20. The number of nitrogen functional groups attached to an aromatic ring is 1. The second-order valence-electron chi connectivity index (χ2n) is 3.02. The maximum atomic E-state index is 5.72. The van der Waals surface area contributed by atoms with E-state index in [1.165, 1.54) is 0 Å². The number of anilines is 1. The van der Waals surface area contributed by atoms with Gasteiger partial charge in [0.15, 0.2) is 0 Å². The molecule has 80 valence electrons. The van der Waals surface area contributed by atoms with Gasteiger partial charge in [0, 0.05) is 18.1 Å². The zero-order valence-electron chi connectivity index (χ0n) is 8.38. The fourth-order valence-corrected chi connectivity index (χ4v) is 1.40. The average Bonchev–Trinajstić information content (AvgIpc) is 2.70. The predicted molar refractivity (Wildman–Crippen MR) is 64.0 cm³/mol. The number of aromatic nitrogens is 1.